The van der Waals surface area contributed by atoms with E-state index < -0.39 is 16.1 Å². The second kappa shape index (κ2) is 14.9. The van der Waals surface area contributed by atoms with Crippen molar-refractivity contribution in [2.24, 2.45) is 0 Å². The van der Waals surface area contributed by atoms with E-state index in [0.29, 0.717) is 30.6 Å². The largest absolute Gasteiger partial charge is 0.481 e. The van der Waals surface area contributed by atoms with Crippen molar-refractivity contribution in [1.29, 1.82) is 0 Å². The lowest BCUT2D eigenvalue weighted by Gasteiger charge is -2.14. The van der Waals surface area contributed by atoms with Crippen LogP contribution in [0.4, 0.5) is 10.1 Å². The number of carboxylic acids is 1. The maximum absolute atomic E-state index is 14.3. The fraction of sp³-hybridized carbons (Fsp3) is 0.333. The van der Waals surface area contributed by atoms with Crippen LogP contribution in [0.3, 0.4) is 0 Å². The van der Waals surface area contributed by atoms with Crippen molar-refractivity contribution in [3.8, 4) is 0 Å². The number of carbonyl (C=O) groups is 1. The zero-order valence-electron chi connectivity index (χ0n) is 25.0. The topological polar surface area (TPSA) is 122 Å². The molecule has 3 aromatic carbocycles. The summed E-state index contributed by atoms with van der Waals surface area (Å²) in [4.78, 5) is 10.7. The van der Waals surface area contributed by atoms with Crippen LogP contribution < -0.4 is 5.32 Å². The van der Waals surface area contributed by atoms with Gasteiger partial charge in [-0.3, -0.25) is 14.0 Å². The van der Waals surface area contributed by atoms with Crippen LogP contribution >= 0.6 is 0 Å². The monoisotopic (exact) mass is 609 g/mol. The van der Waals surface area contributed by atoms with Crippen molar-refractivity contribution >= 4 is 21.8 Å². The average molecular weight is 610 g/mol. The Hall–Kier alpha value is -4.02. The number of nitrogens with one attached hydrogen (secondary N) is 1. The SMILES string of the molecule is CC(C)(C)c1cc(CCc2ccccc2)n(Cc2ccc(CNc3ccc(CCC(=O)O)c(F)c3)cc2)n1.CS(=O)(=O)O. The molecular weight excluding hydrogens is 569 g/mol. The standard InChI is InChI=1S/C32H36FN3O2.CH4O3S/c1-32(2,3)30-20-28(17-13-23-7-5-4-6-8-23)36(35-30)22-25-11-9-24(10-12-25)21-34-27-16-14-26(29(33)19-27)15-18-31(37)38;1-5(2,3)4/h4-12,14,16,19-20,34H,13,15,17-18,21-22H2,1-3H3,(H,37,38);1H3,(H,2,3,4). The lowest BCUT2D eigenvalue weighted by Crippen LogP contribution is -2.13. The number of anilines is 1. The zero-order chi connectivity index (χ0) is 31.6. The van der Waals surface area contributed by atoms with E-state index >= 15 is 0 Å². The molecule has 0 unspecified atom stereocenters. The third-order valence-electron chi connectivity index (χ3n) is 6.66. The number of rotatable bonds is 11. The van der Waals surface area contributed by atoms with Gasteiger partial charge in [-0.05, 0) is 59.7 Å². The molecule has 0 bridgehead atoms. The van der Waals surface area contributed by atoms with E-state index in [9.17, 15) is 17.6 Å². The minimum atomic E-state index is -3.67. The van der Waals surface area contributed by atoms with E-state index in [1.165, 1.54) is 22.9 Å². The second-order valence-electron chi connectivity index (χ2n) is 11.5. The second-order valence-corrected chi connectivity index (χ2v) is 13.0. The summed E-state index contributed by atoms with van der Waals surface area (Å²) >= 11 is 0. The van der Waals surface area contributed by atoms with Gasteiger partial charge in [0.1, 0.15) is 5.82 Å². The molecule has 0 fully saturated rings. The Balaban J connectivity index is 0.000000934. The maximum Gasteiger partial charge on any atom is 0.303 e. The van der Waals surface area contributed by atoms with E-state index in [-0.39, 0.29) is 24.1 Å². The summed E-state index contributed by atoms with van der Waals surface area (Å²) in [5.41, 5.74) is 6.98. The number of aromatic nitrogens is 2. The van der Waals surface area contributed by atoms with Crippen LogP contribution in [0.2, 0.25) is 0 Å². The number of nitrogens with zero attached hydrogens (tertiary/aromatic N) is 2. The number of halogens is 1. The Labute approximate surface area is 253 Å². The third kappa shape index (κ3) is 12.0. The molecule has 0 aliphatic heterocycles. The molecule has 1 aromatic heterocycles. The van der Waals surface area contributed by atoms with Crippen LogP contribution in [0.5, 0.6) is 0 Å². The van der Waals surface area contributed by atoms with Gasteiger partial charge in [0.2, 0.25) is 0 Å². The highest BCUT2D eigenvalue weighted by molar-refractivity contribution is 7.85. The fourth-order valence-electron chi connectivity index (χ4n) is 4.32. The first-order valence-electron chi connectivity index (χ1n) is 14.0. The summed E-state index contributed by atoms with van der Waals surface area (Å²) < 4.78 is 42.3. The van der Waals surface area contributed by atoms with Gasteiger partial charge in [0, 0.05) is 29.8 Å². The molecule has 0 spiro atoms. The van der Waals surface area contributed by atoms with E-state index in [0.717, 1.165) is 24.1 Å². The highest BCUT2D eigenvalue weighted by Gasteiger charge is 2.20. The molecular formula is C33H40FN3O5S. The van der Waals surface area contributed by atoms with Gasteiger partial charge in [-0.2, -0.15) is 13.5 Å². The van der Waals surface area contributed by atoms with Crippen molar-refractivity contribution < 1.29 is 27.3 Å². The molecule has 0 radical (unpaired) electrons. The lowest BCUT2D eigenvalue weighted by molar-refractivity contribution is -0.136. The van der Waals surface area contributed by atoms with E-state index in [1.54, 1.807) is 12.1 Å². The number of carboxylic acid groups (broad SMARTS) is 1. The molecule has 0 saturated carbocycles. The first kappa shape index (κ1) is 33.5. The number of hydrogen-bond donors (Lipinski definition) is 3. The zero-order valence-corrected chi connectivity index (χ0v) is 25.9. The van der Waals surface area contributed by atoms with Crippen LogP contribution in [0, 0.1) is 5.82 Å². The van der Waals surface area contributed by atoms with Crippen molar-refractivity contribution in [1.82, 2.24) is 9.78 Å². The van der Waals surface area contributed by atoms with Crippen LogP contribution in [0.25, 0.3) is 0 Å². The average Bonchev–Trinajstić information content (AvgIpc) is 3.34. The fourth-order valence-corrected chi connectivity index (χ4v) is 4.32. The quantitative estimate of drug-likeness (QED) is 0.171. The molecule has 43 heavy (non-hydrogen) atoms. The minimum Gasteiger partial charge on any atom is -0.481 e. The first-order chi connectivity index (χ1) is 20.2. The molecule has 4 rings (SSSR count). The molecule has 0 saturated heterocycles. The van der Waals surface area contributed by atoms with Gasteiger partial charge in [-0.1, -0.05) is 81.4 Å². The van der Waals surface area contributed by atoms with Crippen molar-refractivity contribution in [2.45, 2.75) is 65.0 Å². The van der Waals surface area contributed by atoms with E-state index in [4.69, 9.17) is 14.8 Å². The lowest BCUT2D eigenvalue weighted by atomic mass is 9.92. The molecule has 0 aliphatic carbocycles. The number of aliphatic carboxylic acids is 1. The van der Waals surface area contributed by atoms with Gasteiger partial charge in [0.15, 0.2) is 0 Å². The number of hydrogen-bond acceptors (Lipinski definition) is 5. The van der Waals surface area contributed by atoms with E-state index in [2.05, 4.69) is 85.4 Å². The van der Waals surface area contributed by atoms with Gasteiger partial charge >= 0.3 is 5.97 Å². The molecule has 4 aromatic rings. The summed E-state index contributed by atoms with van der Waals surface area (Å²) in [6, 6.07) is 26.0. The molecule has 0 atom stereocenters. The highest BCUT2D eigenvalue weighted by atomic mass is 32.2. The molecule has 10 heteroatoms. The van der Waals surface area contributed by atoms with Crippen molar-refractivity contribution in [3.63, 3.8) is 0 Å². The van der Waals surface area contributed by atoms with Crippen molar-refractivity contribution in [3.05, 3.63) is 118 Å². The molecule has 0 aliphatic rings. The molecule has 1 heterocycles. The van der Waals surface area contributed by atoms with E-state index in [1.807, 2.05) is 6.07 Å². The Morgan fingerprint density at radius 1 is 0.907 bits per heavy atom. The maximum atomic E-state index is 14.3. The predicted octanol–water partition coefficient (Wildman–Crippen LogP) is 6.29. The Bertz CT molecular complexity index is 1590. The van der Waals surface area contributed by atoms with Crippen LogP contribution in [-0.2, 0) is 52.7 Å². The summed E-state index contributed by atoms with van der Waals surface area (Å²) in [6.07, 6.45) is 2.72. The van der Waals surface area contributed by atoms with Gasteiger partial charge in [0.25, 0.3) is 10.1 Å². The highest BCUT2D eigenvalue weighted by Crippen LogP contribution is 2.23. The molecule has 0 amide bonds. The first-order valence-corrected chi connectivity index (χ1v) is 15.9. The van der Waals surface area contributed by atoms with Gasteiger partial charge < -0.3 is 10.4 Å². The van der Waals surface area contributed by atoms with Crippen LogP contribution in [0.1, 0.15) is 60.8 Å². The van der Waals surface area contributed by atoms with Crippen LogP contribution in [0.15, 0.2) is 78.9 Å². The summed E-state index contributed by atoms with van der Waals surface area (Å²) in [5.74, 6) is -1.32. The third-order valence-corrected chi connectivity index (χ3v) is 6.66. The molecule has 3 N–H and O–H groups in total. The van der Waals surface area contributed by atoms with Gasteiger partial charge in [-0.25, -0.2) is 4.39 Å². The van der Waals surface area contributed by atoms with Crippen molar-refractivity contribution in [2.75, 3.05) is 11.6 Å². The number of benzene rings is 3. The summed E-state index contributed by atoms with van der Waals surface area (Å²) in [5, 5.41) is 17.0. The van der Waals surface area contributed by atoms with Crippen LogP contribution in [-0.4, -0.2) is 40.1 Å². The molecule has 8 nitrogen and oxygen atoms in total. The summed E-state index contributed by atoms with van der Waals surface area (Å²) in [7, 11) is -3.67. The summed E-state index contributed by atoms with van der Waals surface area (Å²) in [6.45, 7) is 7.84. The smallest absolute Gasteiger partial charge is 0.303 e. The van der Waals surface area contributed by atoms with Gasteiger partial charge in [0.05, 0.1) is 18.5 Å². The number of aryl methyl sites for hydroxylation is 3. The molecule has 230 valence electrons. The Morgan fingerprint density at radius 2 is 1.53 bits per heavy atom. The van der Waals surface area contributed by atoms with Gasteiger partial charge in [-0.15, -0.1) is 0 Å². The Kier molecular flexibility index (Phi) is 11.6. The minimum absolute atomic E-state index is 0.0177. The predicted molar refractivity (Wildman–Crippen MR) is 167 cm³/mol. The Morgan fingerprint density at radius 3 is 2.12 bits per heavy atom. The normalized spacial score (nSPS) is 11.5.